The Balaban J connectivity index is 1.80. The fourth-order valence-corrected chi connectivity index (χ4v) is 3.75. The van der Waals surface area contributed by atoms with Crippen LogP contribution in [0, 0.1) is 19.8 Å². The number of hydrogen-bond donors (Lipinski definition) is 1. The molecule has 2 atom stereocenters. The quantitative estimate of drug-likeness (QED) is 0.831. The summed E-state index contributed by atoms with van der Waals surface area (Å²) in [4.78, 5) is 21.8. The van der Waals surface area contributed by atoms with Gasteiger partial charge in [-0.3, -0.25) is 19.8 Å². The molecule has 0 radical (unpaired) electrons. The minimum absolute atomic E-state index is 0.228. The van der Waals surface area contributed by atoms with Gasteiger partial charge in [-0.15, -0.1) is 0 Å². The number of aliphatic imine (C=N–C) groups is 1. The molecule has 1 aromatic carbocycles. The summed E-state index contributed by atoms with van der Waals surface area (Å²) in [5, 5.41) is 1.99. The van der Waals surface area contributed by atoms with Crippen molar-refractivity contribution in [2.45, 2.75) is 26.9 Å². The molecule has 0 bridgehead atoms. The molecule has 1 saturated heterocycles. The van der Waals surface area contributed by atoms with E-state index in [-0.39, 0.29) is 18.1 Å². The minimum atomic E-state index is -0.367. The van der Waals surface area contributed by atoms with Gasteiger partial charge in [-0.25, -0.2) is 5.43 Å². The van der Waals surface area contributed by atoms with E-state index in [1.807, 2.05) is 36.2 Å². The molecule has 1 fully saturated rings. The number of carbonyl (C=O) groups excluding carboxylic acids is 1. The van der Waals surface area contributed by atoms with Crippen LogP contribution >= 0.6 is 0 Å². The van der Waals surface area contributed by atoms with Gasteiger partial charge in [-0.1, -0.05) is 29.8 Å². The van der Waals surface area contributed by atoms with Crippen LogP contribution in [0.2, 0.25) is 0 Å². The van der Waals surface area contributed by atoms with Crippen LogP contribution in [0.3, 0.4) is 0 Å². The number of fused-ring (bicyclic) bond motifs is 1. The highest BCUT2D eigenvalue weighted by molar-refractivity contribution is 6.12. The van der Waals surface area contributed by atoms with E-state index < -0.39 is 0 Å². The number of hydrogen-bond acceptors (Lipinski definition) is 6. The van der Waals surface area contributed by atoms with Gasteiger partial charge in [0.2, 0.25) is 0 Å². The summed E-state index contributed by atoms with van der Waals surface area (Å²) in [6.07, 6.45) is 3.43. The first-order chi connectivity index (χ1) is 13.6. The fourth-order valence-electron chi connectivity index (χ4n) is 3.75. The van der Waals surface area contributed by atoms with Gasteiger partial charge in [0.15, 0.2) is 6.17 Å². The molecule has 6 heteroatoms. The smallest absolute Gasteiger partial charge is 0.314 e. The maximum Gasteiger partial charge on any atom is 0.314 e. The Hall–Kier alpha value is -2.99. The van der Waals surface area contributed by atoms with Crippen molar-refractivity contribution in [3.63, 3.8) is 0 Å². The summed E-state index contributed by atoms with van der Waals surface area (Å²) in [6, 6.07) is 12.1. The van der Waals surface area contributed by atoms with E-state index in [0.29, 0.717) is 13.2 Å². The molecule has 144 valence electrons. The normalized spacial score (nSPS) is 21.0. The zero-order valence-corrected chi connectivity index (χ0v) is 16.3. The molecule has 4 rings (SSSR count). The molecule has 1 N–H and O–H groups in total. The van der Waals surface area contributed by atoms with Gasteiger partial charge < -0.3 is 4.74 Å². The zero-order valence-electron chi connectivity index (χ0n) is 16.3. The van der Waals surface area contributed by atoms with Crippen LogP contribution in [0.5, 0.6) is 0 Å². The third-order valence-corrected chi connectivity index (χ3v) is 5.08. The topological polar surface area (TPSA) is 66.8 Å². The third-order valence-electron chi connectivity index (χ3n) is 5.08. The molecule has 3 heterocycles. The van der Waals surface area contributed by atoms with E-state index in [1.54, 1.807) is 6.20 Å². The maximum atomic E-state index is 12.5. The predicted octanol–water partition coefficient (Wildman–Crippen LogP) is 2.87. The number of nitrogens with one attached hydrogen (secondary N) is 1. The number of hydrazine groups is 1. The van der Waals surface area contributed by atoms with Crippen LogP contribution in [0.25, 0.3) is 5.70 Å². The van der Waals surface area contributed by atoms with Gasteiger partial charge in [-0.2, -0.15) is 0 Å². The number of benzene rings is 1. The van der Waals surface area contributed by atoms with Crippen molar-refractivity contribution in [2.75, 3.05) is 13.2 Å². The van der Waals surface area contributed by atoms with Crippen molar-refractivity contribution in [1.29, 1.82) is 0 Å². The van der Waals surface area contributed by atoms with Crippen molar-refractivity contribution < 1.29 is 9.53 Å². The first kappa shape index (κ1) is 18.4. The number of rotatable bonds is 4. The van der Waals surface area contributed by atoms with Crippen LogP contribution in [-0.2, 0) is 9.53 Å². The Bertz CT molecular complexity index is 952. The first-order valence-corrected chi connectivity index (χ1v) is 9.56. The average Bonchev–Trinajstić information content (AvgIpc) is 3.12. The zero-order chi connectivity index (χ0) is 19.7. The average molecular weight is 376 g/mol. The van der Waals surface area contributed by atoms with E-state index in [4.69, 9.17) is 9.73 Å². The number of ether oxygens (including phenoxy) is 1. The highest BCUT2D eigenvalue weighted by Crippen LogP contribution is 2.34. The van der Waals surface area contributed by atoms with E-state index >= 15 is 0 Å². The SMILES string of the molecule is CCOC(=O)C1CNN2C(c3ccc(C)cc3C)=CC(c3ccccn3)=NC12. The Morgan fingerprint density at radius 1 is 1.29 bits per heavy atom. The van der Waals surface area contributed by atoms with Gasteiger partial charge in [-0.05, 0) is 44.5 Å². The van der Waals surface area contributed by atoms with Gasteiger partial charge >= 0.3 is 5.97 Å². The summed E-state index contributed by atoms with van der Waals surface area (Å²) in [5.74, 6) is -0.596. The molecular formula is C22H24N4O2. The Morgan fingerprint density at radius 2 is 2.14 bits per heavy atom. The maximum absolute atomic E-state index is 12.5. The molecular weight excluding hydrogens is 352 g/mol. The molecule has 2 aromatic rings. The van der Waals surface area contributed by atoms with Crippen molar-refractivity contribution >= 4 is 17.4 Å². The number of pyridine rings is 1. The van der Waals surface area contributed by atoms with E-state index in [1.165, 1.54) is 11.1 Å². The summed E-state index contributed by atoms with van der Waals surface area (Å²) in [5.41, 5.74) is 9.40. The Labute approximate surface area is 164 Å². The fraction of sp³-hybridized carbons (Fsp3) is 0.318. The van der Waals surface area contributed by atoms with Crippen LogP contribution in [0.1, 0.15) is 29.3 Å². The van der Waals surface area contributed by atoms with Crippen LogP contribution in [0.4, 0.5) is 0 Å². The summed E-state index contributed by atoms with van der Waals surface area (Å²) < 4.78 is 5.29. The minimum Gasteiger partial charge on any atom is -0.466 e. The van der Waals surface area contributed by atoms with Crippen molar-refractivity contribution in [2.24, 2.45) is 10.9 Å². The van der Waals surface area contributed by atoms with Crippen LogP contribution < -0.4 is 5.43 Å². The summed E-state index contributed by atoms with van der Waals surface area (Å²) in [7, 11) is 0. The second-order valence-electron chi connectivity index (χ2n) is 7.08. The molecule has 0 aliphatic carbocycles. The molecule has 1 aromatic heterocycles. The van der Waals surface area contributed by atoms with Crippen LogP contribution in [0.15, 0.2) is 53.7 Å². The molecule has 0 saturated carbocycles. The van der Waals surface area contributed by atoms with E-state index in [9.17, 15) is 4.79 Å². The lowest BCUT2D eigenvalue weighted by molar-refractivity contribution is -0.148. The molecule has 2 aliphatic heterocycles. The standard InChI is InChI=1S/C22H24N4O2/c1-4-28-22(27)17-13-24-26-20(16-9-8-14(2)11-15(16)3)12-19(25-21(17)26)18-7-5-6-10-23-18/h5-12,17,21,24H,4,13H2,1-3H3. The number of aryl methyl sites for hydroxylation is 2. The van der Waals surface area contributed by atoms with E-state index in [0.717, 1.165) is 22.7 Å². The Morgan fingerprint density at radius 3 is 2.86 bits per heavy atom. The van der Waals surface area contributed by atoms with Gasteiger partial charge in [0.25, 0.3) is 0 Å². The molecule has 0 amide bonds. The second kappa shape index (κ2) is 7.56. The van der Waals surface area contributed by atoms with Gasteiger partial charge in [0, 0.05) is 18.3 Å². The lowest BCUT2D eigenvalue weighted by Gasteiger charge is -2.32. The second-order valence-corrected chi connectivity index (χ2v) is 7.08. The van der Waals surface area contributed by atoms with Crippen LogP contribution in [-0.4, -0.2) is 41.0 Å². The molecule has 28 heavy (non-hydrogen) atoms. The number of nitrogens with zero attached hydrogens (tertiary/aromatic N) is 3. The molecule has 2 aliphatic rings. The van der Waals surface area contributed by atoms with Gasteiger partial charge in [0.1, 0.15) is 5.92 Å². The van der Waals surface area contributed by atoms with Gasteiger partial charge in [0.05, 0.1) is 23.7 Å². The van der Waals surface area contributed by atoms with E-state index in [2.05, 4.69) is 42.5 Å². The molecule has 0 spiro atoms. The first-order valence-electron chi connectivity index (χ1n) is 9.56. The number of allylic oxidation sites excluding steroid dienone is 1. The largest absolute Gasteiger partial charge is 0.466 e. The van der Waals surface area contributed by atoms with Crippen molar-refractivity contribution in [1.82, 2.24) is 15.4 Å². The summed E-state index contributed by atoms with van der Waals surface area (Å²) in [6.45, 7) is 6.86. The predicted molar refractivity (Wildman–Crippen MR) is 108 cm³/mol. The monoisotopic (exact) mass is 376 g/mol. The molecule has 2 unspecified atom stereocenters. The lowest BCUT2D eigenvalue weighted by Crippen LogP contribution is -2.40. The lowest BCUT2D eigenvalue weighted by atomic mass is 9.98. The number of esters is 1. The van der Waals surface area contributed by atoms with Crippen molar-refractivity contribution in [3.05, 3.63) is 71.1 Å². The highest BCUT2D eigenvalue weighted by atomic mass is 16.5. The highest BCUT2D eigenvalue weighted by Gasteiger charge is 2.43. The Kier molecular flexibility index (Phi) is 4.96. The number of aromatic nitrogens is 1. The third kappa shape index (κ3) is 3.31. The summed E-state index contributed by atoms with van der Waals surface area (Å²) >= 11 is 0. The number of carbonyl (C=O) groups is 1. The molecule has 6 nitrogen and oxygen atoms in total. The van der Waals surface area contributed by atoms with Crippen molar-refractivity contribution in [3.8, 4) is 0 Å².